The van der Waals surface area contributed by atoms with Gasteiger partial charge in [0, 0.05) is 66.3 Å². The molecule has 1 aliphatic carbocycles. The lowest BCUT2D eigenvalue weighted by molar-refractivity contribution is -0.137. The SMILES string of the molecule is CSC[C@H](NC(=O)C(Cc1c[nH]c2ccccc12)NC(=O)[C@H](CCCN=C(N)N)NC(=O)[C@@H](Cc1ccccc1)NC(=O)[C@H](Cc1cnc[nH]1)NC(=O)[C@@H](C)NC(=O)[C@H](CS)N1C(=O)N[C@@H](CC2CCCCC2)C1=O)C(N)=O. The Hall–Kier alpha value is -7.61. The Labute approximate surface area is 461 Å². The average molecular weight is 1110 g/mol. The minimum atomic E-state index is -1.40. The number of H-pyrrole nitrogens is 2. The number of amides is 10. The third-order valence-electron chi connectivity index (χ3n) is 13.7. The summed E-state index contributed by atoms with van der Waals surface area (Å²) in [4.78, 5) is 140. The van der Waals surface area contributed by atoms with Gasteiger partial charge in [-0.05, 0) is 55.6 Å². The maximum absolute atomic E-state index is 14.7. The van der Waals surface area contributed by atoms with Crippen LogP contribution in [0.5, 0.6) is 0 Å². The number of aliphatic imine (C=N–C) groups is 1. The van der Waals surface area contributed by atoms with E-state index in [1.807, 2.05) is 24.3 Å². The molecule has 6 rings (SSSR count). The second-order valence-electron chi connectivity index (χ2n) is 19.5. The fraction of sp³-hybridized carbons (Fsp3) is 0.481. The second-order valence-corrected chi connectivity index (χ2v) is 20.8. The first-order valence-electron chi connectivity index (χ1n) is 25.9. The van der Waals surface area contributed by atoms with Crippen molar-refractivity contribution in [3.05, 3.63) is 90.1 Å². The molecule has 4 aromatic rings. The molecule has 1 saturated carbocycles. The number of para-hydroxylation sites is 1. The number of nitrogens with zero attached hydrogens (tertiary/aromatic N) is 3. The number of hydrogen-bond acceptors (Lipinski definition) is 13. The first kappa shape index (κ1) is 59.6. The van der Waals surface area contributed by atoms with Crippen molar-refractivity contribution in [3.8, 4) is 0 Å². The van der Waals surface area contributed by atoms with E-state index in [1.165, 1.54) is 31.2 Å². The van der Waals surface area contributed by atoms with Crippen molar-refractivity contribution in [2.24, 2.45) is 28.1 Å². The predicted octanol–water partition coefficient (Wildman–Crippen LogP) is -0.0613. The number of aromatic nitrogens is 3. The first-order valence-corrected chi connectivity index (χ1v) is 27.9. The van der Waals surface area contributed by atoms with E-state index in [2.05, 4.69) is 69.8 Å². The second kappa shape index (κ2) is 29.2. The number of imidazole rings is 1. The zero-order valence-corrected chi connectivity index (χ0v) is 45.3. The summed E-state index contributed by atoms with van der Waals surface area (Å²) in [7, 11) is 0. The number of nitrogens with two attached hydrogens (primary N) is 3. The van der Waals surface area contributed by atoms with Crippen molar-refractivity contribution < 1.29 is 43.2 Å². The smallest absolute Gasteiger partial charge is 0.325 e. The number of fused-ring (bicyclic) bond motifs is 1. The van der Waals surface area contributed by atoms with E-state index in [0.717, 1.165) is 47.9 Å². The van der Waals surface area contributed by atoms with Gasteiger partial charge < -0.3 is 64.4 Å². The molecule has 15 N–H and O–H groups in total. The molecule has 24 nitrogen and oxygen atoms in total. The largest absolute Gasteiger partial charge is 0.370 e. The standard InChI is InChI=1S/C52H71N15O9S2/c1-29(60-49(74)42(26-77)67-50(75)40(66-52(67)76)21-31-14-7-4-8-15-31)44(69)62-39(23-33-25-56-28-59-33)48(73)63-37(20-30-12-5-3-6-13-30)46(71)61-36(18-11-19-57-51(54)55)45(70)64-38(47(72)65-41(27-78-2)43(53)68)22-32-24-58-35-17-10-9-16-34(32)35/h3,5-6,9-10,12-13,16-17,24-25,28-29,31,36-42,58,77H,4,7-8,11,14-15,18-23,26-27H2,1-2H3,(H2,53,68)(H,56,59)(H,60,74)(H,61,71)(H,62,69)(H,63,73)(H,64,70)(H,65,72)(H,66,76)(H4,54,55,57)/t29-,36+,37-,38?,39+,40+,41+,42+/m1/s1. The first-order chi connectivity index (χ1) is 37.5. The predicted molar refractivity (Wildman–Crippen MR) is 297 cm³/mol. The summed E-state index contributed by atoms with van der Waals surface area (Å²) in [6.45, 7) is 1.43. The number of primary amides is 1. The molecule has 0 radical (unpaired) electrons. The summed E-state index contributed by atoms with van der Waals surface area (Å²) < 4.78 is 0. The molecule has 26 heteroatoms. The number of nitrogens with one attached hydrogen (secondary N) is 9. The van der Waals surface area contributed by atoms with Crippen LogP contribution in [-0.2, 0) is 57.6 Å². The number of urea groups is 1. The van der Waals surface area contributed by atoms with Crippen molar-refractivity contribution in [3.63, 3.8) is 0 Å². The number of imide groups is 1. The van der Waals surface area contributed by atoms with E-state index >= 15 is 0 Å². The Balaban J connectivity index is 1.21. The van der Waals surface area contributed by atoms with Gasteiger partial charge in [0.2, 0.25) is 41.4 Å². The minimum Gasteiger partial charge on any atom is -0.370 e. The van der Waals surface area contributed by atoms with Crippen LogP contribution in [-0.4, -0.2) is 152 Å². The maximum Gasteiger partial charge on any atom is 0.325 e. The van der Waals surface area contributed by atoms with Gasteiger partial charge in [0.15, 0.2) is 5.96 Å². The Morgan fingerprint density at radius 1 is 0.756 bits per heavy atom. The van der Waals surface area contributed by atoms with Gasteiger partial charge in [-0.1, -0.05) is 80.6 Å². The van der Waals surface area contributed by atoms with Gasteiger partial charge in [0.25, 0.3) is 5.91 Å². The van der Waals surface area contributed by atoms with Crippen LogP contribution in [0.25, 0.3) is 10.9 Å². The average Bonchev–Trinajstić information content (AvgIpc) is 4.16. The van der Waals surface area contributed by atoms with Crippen molar-refractivity contribution in [2.45, 2.75) is 126 Å². The fourth-order valence-corrected chi connectivity index (χ4v) is 10.5. The summed E-state index contributed by atoms with van der Waals surface area (Å²) in [5.74, 6) is -6.11. The number of carbonyl (C=O) groups is 9. The summed E-state index contributed by atoms with van der Waals surface area (Å²) in [5.41, 5.74) is 19.3. The van der Waals surface area contributed by atoms with Gasteiger partial charge >= 0.3 is 6.03 Å². The molecule has 0 bridgehead atoms. The van der Waals surface area contributed by atoms with Gasteiger partial charge in [-0.15, -0.1) is 0 Å². The summed E-state index contributed by atoms with van der Waals surface area (Å²) >= 11 is 5.58. The third-order valence-corrected chi connectivity index (χ3v) is 14.7. The third kappa shape index (κ3) is 16.9. The zero-order chi connectivity index (χ0) is 56.3. The fourth-order valence-electron chi connectivity index (χ4n) is 9.55. The van der Waals surface area contributed by atoms with Gasteiger partial charge in [-0.3, -0.25) is 43.3 Å². The molecule has 1 aliphatic heterocycles. The number of guanidine groups is 1. The molecule has 2 aromatic heterocycles. The molecule has 1 unspecified atom stereocenters. The van der Waals surface area contributed by atoms with Crippen LogP contribution in [0.3, 0.4) is 0 Å². The Bertz CT molecular complexity index is 2750. The number of thiol groups is 1. The van der Waals surface area contributed by atoms with Crippen LogP contribution in [0.15, 0.2) is 78.3 Å². The van der Waals surface area contributed by atoms with E-state index < -0.39 is 102 Å². The van der Waals surface area contributed by atoms with Crippen molar-refractivity contribution >= 4 is 94.5 Å². The highest BCUT2D eigenvalue weighted by atomic mass is 32.2. The van der Waals surface area contributed by atoms with Gasteiger partial charge in [0.1, 0.15) is 48.3 Å². The summed E-state index contributed by atoms with van der Waals surface area (Å²) in [6, 6.07) is 5.41. The van der Waals surface area contributed by atoms with Crippen LogP contribution >= 0.6 is 24.4 Å². The van der Waals surface area contributed by atoms with E-state index in [4.69, 9.17) is 17.2 Å². The van der Waals surface area contributed by atoms with Crippen LogP contribution in [0.2, 0.25) is 0 Å². The van der Waals surface area contributed by atoms with Crippen molar-refractivity contribution in [1.82, 2.24) is 57.1 Å². The van der Waals surface area contributed by atoms with Crippen LogP contribution < -0.4 is 54.4 Å². The molecular formula is C52H71N15O9S2. The zero-order valence-electron chi connectivity index (χ0n) is 43.6. The van der Waals surface area contributed by atoms with E-state index in [1.54, 1.807) is 42.8 Å². The molecule has 10 amide bonds. The Kier molecular flexibility index (Phi) is 22.3. The van der Waals surface area contributed by atoms with Gasteiger partial charge in [-0.25, -0.2) is 14.7 Å². The number of rotatable bonds is 29. The number of carbonyl (C=O) groups excluding carboxylic acids is 9. The van der Waals surface area contributed by atoms with E-state index in [-0.39, 0.29) is 62.0 Å². The molecular weight excluding hydrogens is 1040 g/mol. The normalized spacial score (nSPS) is 17.3. The topological polar surface area (TPSA) is 376 Å². The number of aromatic amines is 2. The molecule has 2 aliphatic rings. The minimum absolute atomic E-state index is 0.0365. The Morgan fingerprint density at radius 2 is 1.37 bits per heavy atom. The Morgan fingerprint density at radius 3 is 2.01 bits per heavy atom. The van der Waals surface area contributed by atoms with Gasteiger partial charge in [-0.2, -0.15) is 24.4 Å². The molecule has 2 aromatic carbocycles. The van der Waals surface area contributed by atoms with E-state index in [9.17, 15) is 43.2 Å². The number of hydrogen-bond donors (Lipinski definition) is 13. The van der Waals surface area contributed by atoms with E-state index in [0.29, 0.717) is 23.2 Å². The highest BCUT2D eigenvalue weighted by molar-refractivity contribution is 7.98. The van der Waals surface area contributed by atoms with Crippen LogP contribution in [0.1, 0.15) is 75.1 Å². The van der Waals surface area contributed by atoms with Gasteiger partial charge in [0.05, 0.1) is 6.33 Å². The lowest BCUT2D eigenvalue weighted by Crippen LogP contribution is -2.61. The highest BCUT2D eigenvalue weighted by Gasteiger charge is 2.45. The van der Waals surface area contributed by atoms with Crippen molar-refractivity contribution in [1.29, 1.82) is 0 Å². The van der Waals surface area contributed by atoms with Crippen LogP contribution in [0, 0.1) is 5.92 Å². The monoisotopic (exact) mass is 1110 g/mol. The highest BCUT2D eigenvalue weighted by Crippen LogP contribution is 2.29. The van der Waals surface area contributed by atoms with Crippen molar-refractivity contribution in [2.75, 3.05) is 24.3 Å². The number of thioether (sulfide) groups is 1. The van der Waals surface area contributed by atoms with Crippen LogP contribution in [0.4, 0.5) is 4.79 Å². The molecule has 420 valence electrons. The quantitative estimate of drug-likeness (QED) is 0.0112. The molecule has 3 heterocycles. The molecule has 8 atom stereocenters. The number of benzene rings is 2. The molecule has 0 spiro atoms. The molecule has 2 fully saturated rings. The summed E-state index contributed by atoms with van der Waals surface area (Å²) in [5, 5.41) is 19.7. The lowest BCUT2D eigenvalue weighted by Gasteiger charge is -2.28. The molecule has 1 saturated heterocycles. The lowest BCUT2D eigenvalue weighted by atomic mass is 9.85. The summed E-state index contributed by atoms with van der Waals surface area (Å²) in [6.07, 6.45) is 11.7. The molecule has 78 heavy (non-hydrogen) atoms. The maximum atomic E-state index is 14.7.